The highest BCUT2D eigenvalue weighted by Crippen LogP contribution is 2.06. The van der Waals surface area contributed by atoms with Crippen molar-refractivity contribution in [3.63, 3.8) is 0 Å². The number of aliphatic carboxylic acids is 1. The zero-order chi connectivity index (χ0) is 12.3. The van der Waals surface area contributed by atoms with E-state index in [4.69, 9.17) is 5.11 Å². The van der Waals surface area contributed by atoms with E-state index in [-0.39, 0.29) is 0 Å². The van der Waals surface area contributed by atoms with E-state index in [1.165, 1.54) is 6.92 Å². The predicted octanol–water partition coefficient (Wildman–Crippen LogP) is 0.909. The van der Waals surface area contributed by atoms with Gasteiger partial charge in [-0.05, 0) is 17.7 Å². The molecule has 0 spiro atoms. The maximum atomic E-state index is 10.7. The Morgan fingerprint density at radius 3 is 2.76 bits per heavy atom. The zero-order valence-electron chi connectivity index (χ0n) is 9.32. The largest absolute Gasteiger partial charge is 0.480 e. The summed E-state index contributed by atoms with van der Waals surface area (Å²) in [5, 5.41) is 20.4. The molecular weight excluding hydrogens is 220 g/mol. The van der Waals surface area contributed by atoms with E-state index in [1.807, 2.05) is 30.3 Å². The molecule has 1 unspecified atom stereocenters. The molecule has 1 aromatic carbocycles. The van der Waals surface area contributed by atoms with Crippen LogP contribution in [0.4, 0.5) is 0 Å². The second-order valence-electron chi connectivity index (χ2n) is 3.70. The molecule has 0 amide bonds. The van der Waals surface area contributed by atoms with Gasteiger partial charge in [0.05, 0.1) is 0 Å². The number of rotatable bonds is 4. The fourth-order valence-electron chi connectivity index (χ4n) is 1.37. The second kappa shape index (κ2) is 4.73. The van der Waals surface area contributed by atoms with Crippen LogP contribution in [0.2, 0.25) is 0 Å². The van der Waals surface area contributed by atoms with Gasteiger partial charge < -0.3 is 5.11 Å². The number of nitrogens with zero attached hydrogens (tertiary/aromatic N) is 4. The van der Waals surface area contributed by atoms with Crippen molar-refractivity contribution in [2.75, 3.05) is 0 Å². The maximum Gasteiger partial charge on any atom is 0.330 e. The lowest BCUT2D eigenvalue weighted by atomic mass is 10.1. The molecule has 1 aromatic heterocycles. The van der Waals surface area contributed by atoms with E-state index in [9.17, 15) is 4.79 Å². The van der Waals surface area contributed by atoms with E-state index < -0.39 is 12.0 Å². The minimum atomic E-state index is -0.978. The first-order valence-corrected chi connectivity index (χ1v) is 5.22. The molecule has 0 saturated heterocycles. The Morgan fingerprint density at radius 1 is 1.41 bits per heavy atom. The van der Waals surface area contributed by atoms with Gasteiger partial charge in [0, 0.05) is 6.42 Å². The highest BCUT2D eigenvalue weighted by Gasteiger charge is 2.16. The third kappa shape index (κ3) is 2.66. The summed E-state index contributed by atoms with van der Waals surface area (Å²) < 4.78 is 0. The molecule has 1 heterocycles. The molecule has 17 heavy (non-hydrogen) atoms. The first kappa shape index (κ1) is 11.3. The molecule has 0 bridgehead atoms. The number of hydrogen-bond donors (Lipinski definition) is 1. The third-order valence-corrected chi connectivity index (χ3v) is 2.38. The van der Waals surface area contributed by atoms with Gasteiger partial charge >= 0.3 is 5.97 Å². The molecule has 0 aliphatic rings. The Morgan fingerprint density at radius 2 is 2.12 bits per heavy atom. The molecule has 2 aromatic rings. The van der Waals surface area contributed by atoms with Gasteiger partial charge in [0.25, 0.3) is 0 Å². The molecule has 6 heteroatoms. The minimum absolute atomic E-state index is 0.518. The van der Waals surface area contributed by atoms with Gasteiger partial charge in [-0.1, -0.05) is 30.3 Å². The van der Waals surface area contributed by atoms with Crippen molar-refractivity contribution in [2.45, 2.75) is 19.4 Å². The van der Waals surface area contributed by atoms with Gasteiger partial charge in [0.2, 0.25) is 0 Å². The number of carbonyl (C=O) groups is 1. The van der Waals surface area contributed by atoms with Crippen LogP contribution in [0.5, 0.6) is 0 Å². The van der Waals surface area contributed by atoms with Crippen LogP contribution in [0, 0.1) is 0 Å². The lowest BCUT2D eigenvalue weighted by Gasteiger charge is -2.01. The number of carboxylic acids is 1. The Hall–Kier alpha value is -2.24. The SMILES string of the molecule is CC(C(=O)O)n1nnc(Cc2ccccc2)n1. The lowest BCUT2D eigenvalue weighted by molar-refractivity contribution is -0.141. The highest BCUT2D eigenvalue weighted by atomic mass is 16.4. The number of tetrazole rings is 1. The lowest BCUT2D eigenvalue weighted by Crippen LogP contribution is -2.18. The number of hydrogen-bond acceptors (Lipinski definition) is 4. The molecule has 88 valence electrons. The van der Waals surface area contributed by atoms with Crippen molar-refractivity contribution in [3.8, 4) is 0 Å². The van der Waals surface area contributed by atoms with Crippen LogP contribution in [0.15, 0.2) is 30.3 Å². The molecule has 1 N–H and O–H groups in total. The maximum absolute atomic E-state index is 10.7. The van der Waals surface area contributed by atoms with Gasteiger partial charge in [-0.3, -0.25) is 0 Å². The molecule has 0 saturated carbocycles. The van der Waals surface area contributed by atoms with Crippen LogP contribution < -0.4 is 0 Å². The monoisotopic (exact) mass is 232 g/mol. The predicted molar refractivity (Wildman–Crippen MR) is 59.4 cm³/mol. The molecule has 6 nitrogen and oxygen atoms in total. The molecule has 0 aliphatic heterocycles. The van der Waals surface area contributed by atoms with Crippen LogP contribution in [0.25, 0.3) is 0 Å². The summed E-state index contributed by atoms with van der Waals surface area (Å²) in [5.41, 5.74) is 1.06. The van der Waals surface area contributed by atoms with E-state index in [2.05, 4.69) is 15.4 Å². The fraction of sp³-hybridized carbons (Fsp3) is 0.273. The Labute approximate surface area is 97.9 Å². The molecule has 0 fully saturated rings. The first-order valence-electron chi connectivity index (χ1n) is 5.22. The third-order valence-electron chi connectivity index (χ3n) is 2.38. The molecule has 0 radical (unpaired) electrons. The minimum Gasteiger partial charge on any atom is -0.480 e. The Balaban J connectivity index is 2.11. The topological polar surface area (TPSA) is 80.9 Å². The van der Waals surface area contributed by atoms with Crippen LogP contribution >= 0.6 is 0 Å². The molecular formula is C11H12N4O2. The van der Waals surface area contributed by atoms with Crippen LogP contribution in [0.3, 0.4) is 0 Å². The highest BCUT2D eigenvalue weighted by molar-refractivity contribution is 5.70. The summed E-state index contributed by atoms with van der Waals surface area (Å²) in [7, 11) is 0. The normalized spacial score (nSPS) is 12.3. The van der Waals surface area contributed by atoms with Crippen molar-refractivity contribution >= 4 is 5.97 Å². The number of carboxylic acid groups (broad SMARTS) is 1. The Bertz CT molecular complexity index is 509. The summed E-state index contributed by atoms with van der Waals surface area (Å²) in [5.74, 6) is -0.460. The summed E-state index contributed by atoms with van der Waals surface area (Å²) in [6.45, 7) is 1.51. The average molecular weight is 232 g/mol. The van der Waals surface area contributed by atoms with E-state index in [0.717, 1.165) is 10.4 Å². The Kier molecular flexibility index (Phi) is 3.13. The van der Waals surface area contributed by atoms with Gasteiger partial charge in [0.1, 0.15) is 0 Å². The average Bonchev–Trinajstić information content (AvgIpc) is 2.77. The zero-order valence-corrected chi connectivity index (χ0v) is 9.32. The first-order chi connectivity index (χ1) is 8.16. The van der Waals surface area contributed by atoms with E-state index >= 15 is 0 Å². The quantitative estimate of drug-likeness (QED) is 0.847. The van der Waals surface area contributed by atoms with Crippen molar-refractivity contribution in [1.29, 1.82) is 0 Å². The van der Waals surface area contributed by atoms with Gasteiger partial charge in [-0.15, -0.1) is 15.0 Å². The molecule has 0 aliphatic carbocycles. The van der Waals surface area contributed by atoms with E-state index in [0.29, 0.717) is 12.2 Å². The summed E-state index contributed by atoms with van der Waals surface area (Å²) in [6.07, 6.45) is 0.549. The standard InChI is InChI=1S/C11H12N4O2/c1-8(11(16)17)15-13-10(12-14-15)7-9-5-3-2-4-6-9/h2-6,8H,7H2,1H3,(H,16,17). The van der Waals surface area contributed by atoms with Crippen LogP contribution in [-0.2, 0) is 11.2 Å². The summed E-state index contributed by atoms with van der Waals surface area (Å²) >= 11 is 0. The number of aromatic nitrogens is 4. The molecule has 1 atom stereocenters. The second-order valence-corrected chi connectivity index (χ2v) is 3.70. The smallest absolute Gasteiger partial charge is 0.330 e. The molecule has 2 rings (SSSR count). The van der Waals surface area contributed by atoms with Crippen LogP contribution in [-0.4, -0.2) is 31.3 Å². The van der Waals surface area contributed by atoms with Crippen molar-refractivity contribution < 1.29 is 9.90 Å². The summed E-state index contributed by atoms with van der Waals surface area (Å²) in [4.78, 5) is 11.9. The fourth-order valence-corrected chi connectivity index (χ4v) is 1.37. The number of benzene rings is 1. The van der Waals surface area contributed by atoms with Crippen molar-refractivity contribution in [1.82, 2.24) is 20.2 Å². The van der Waals surface area contributed by atoms with Gasteiger partial charge in [-0.2, -0.15) is 0 Å². The van der Waals surface area contributed by atoms with Crippen molar-refractivity contribution in [3.05, 3.63) is 41.7 Å². The van der Waals surface area contributed by atoms with Crippen molar-refractivity contribution in [2.24, 2.45) is 0 Å². The van der Waals surface area contributed by atoms with Gasteiger partial charge in [-0.25, -0.2) is 4.79 Å². The van der Waals surface area contributed by atoms with Crippen LogP contribution in [0.1, 0.15) is 24.4 Å². The summed E-state index contributed by atoms with van der Waals surface area (Å²) in [6, 6.07) is 8.91. The van der Waals surface area contributed by atoms with Gasteiger partial charge in [0.15, 0.2) is 11.9 Å². The van der Waals surface area contributed by atoms with E-state index in [1.54, 1.807) is 0 Å².